The highest BCUT2D eigenvalue weighted by atomic mass is 35.5. The molecule has 0 aromatic carbocycles. The second-order valence-electron chi connectivity index (χ2n) is 1.92. The molecule has 0 fully saturated rings. The number of aromatic nitrogens is 2. The second-order valence-corrected chi connectivity index (χ2v) is 2.31. The van der Waals surface area contributed by atoms with Gasteiger partial charge in [-0.05, 0) is 6.42 Å². The maximum Gasteiger partial charge on any atom is 0.153 e. The largest absolute Gasteiger partial charge is 0.397 e. The fourth-order valence-corrected chi connectivity index (χ4v) is 0.837. The molecule has 4 heteroatoms. The molecule has 3 nitrogen and oxygen atoms in total. The van der Waals surface area contributed by atoms with Crippen LogP contribution in [0, 0.1) is 0 Å². The first kappa shape index (κ1) is 7.28. The minimum Gasteiger partial charge on any atom is -0.397 e. The standard InChI is InChI=1S/C6H8ClN3/c1-2-5-4(8)3-6(7)10-9-5/h3H,2H2,1H3,(H2,8,10). The van der Waals surface area contributed by atoms with Crippen molar-refractivity contribution in [2.45, 2.75) is 13.3 Å². The summed E-state index contributed by atoms with van der Waals surface area (Å²) < 4.78 is 0. The molecule has 0 bridgehead atoms. The van der Waals surface area contributed by atoms with Crippen LogP contribution in [-0.4, -0.2) is 10.2 Å². The third-order valence-corrected chi connectivity index (χ3v) is 1.39. The highest BCUT2D eigenvalue weighted by molar-refractivity contribution is 6.29. The molecule has 0 aliphatic rings. The predicted molar refractivity (Wildman–Crippen MR) is 40.8 cm³/mol. The van der Waals surface area contributed by atoms with Crippen LogP contribution < -0.4 is 5.73 Å². The Kier molecular flexibility index (Phi) is 2.06. The number of nitrogen functional groups attached to an aromatic ring is 1. The predicted octanol–water partition coefficient (Wildman–Crippen LogP) is 1.27. The summed E-state index contributed by atoms with van der Waals surface area (Å²) in [5.74, 6) is 0. The van der Waals surface area contributed by atoms with Gasteiger partial charge in [0, 0.05) is 6.07 Å². The molecule has 1 rings (SSSR count). The Morgan fingerprint density at radius 1 is 1.60 bits per heavy atom. The molecule has 0 atom stereocenters. The van der Waals surface area contributed by atoms with Crippen molar-refractivity contribution < 1.29 is 0 Å². The number of hydrogen-bond donors (Lipinski definition) is 1. The lowest BCUT2D eigenvalue weighted by Crippen LogP contribution is -1.98. The summed E-state index contributed by atoms with van der Waals surface area (Å²) in [4.78, 5) is 0. The van der Waals surface area contributed by atoms with Gasteiger partial charge in [-0.2, -0.15) is 5.10 Å². The van der Waals surface area contributed by atoms with Gasteiger partial charge in [-0.1, -0.05) is 18.5 Å². The van der Waals surface area contributed by atoms with E-state index < -0.39 is 0 Å². The second kappa shape index (κ2) is 2.84. The Morgan fingerprint density at radius 2 is 2.30 bits per heavy atom. The van der Waals surface area contributed by atoms with E-state index in [-0.39, 0.29) is 0 Å². The van der Waals surface area contributed by atoms with E-state index in [1.807, 2.05) is 6.92 Å². The third-order valence-electron chi connectivity index (χ3n) is 1.21. The molecule has 0 saturated heterocycles. The first-order chi connectivity index (χ1) is 4.74. The van der Waals surface area contributed by atoms with Gasteiger partial charge in [0.2, 0.25) is 0 Å². The van der Waals surface area contributed by atoms with Gasteiger partial charge in [0.1, 0.15) is 0 Å². The van der Waals surface area contributed by atoms with Crippen molar-refractivity contribution in [3.8, 4) is 0 Å². The van der Waals surface area contributed by atoms with Crippen LogP contribution in [0.4, 0.5) is 5.69 Å². The number of aryl methyl sites for hydroxylation is 1. The number of halogens is 1. The van der Waals surface area contributed by atoms with E-state index in [2.05, 4.69) is 10.2 Å². The van der Waals surface area contributed by atoms with Gasteiger partial charge in [0.05, 0.1) is 11.4 Å². The van der Waals surface area contributed by atoms with Gasteiger partial charge >= 0.3 is 0 Å². The van der Waals surface area contributed by atoms with Crippen molar-refractivity contribution in [1.29, 1.82) is 0 Å². The molecule has 1 heterocycles. The summed E-state index contributed by atoms with van der Waals surface area (Å²) in [6.45, 7) is 1.97. The van der Waals surface area contributed by atoms with Crippen molar-refractivity contribution in [2.24, 2.45) is 0 Å². The first-order valence-corrected chi connectivity index (χ1v) is 3.39. The minimum absolute atomic E-state index is 0.342. The summed E-state index contributed by atoms with van der Waals surface area (Å²) in [7, 11) is 0. The van der Waals surface area contributed by atoms with E-state index in [1.54, 1.807) is 6.07 Å². The molecule has 0 radical (unpaired) electrons. The number of rotatable bonds is 1. The quantitative estimate of drug-likeness (QED) is 0.668. The Bertz CT molecular complexity index is 236. The average molecular weight is 158 g/mol. The van der Waals surface area contributed by atoms with Crippen LogP contribution in [0.3, 0.4) is 0 Å². The zero-order chi connectivity index (χ0) is 7.56. The molecule has 10 heavy (non-hydrogen) atoms. The van der Waals surface area contributed by atoms with Crippen LogP contribution in [-0.2, 0) is 6.42 Å². The summed E-state index contributed by atoms with van der Waals surface area (Å²) >= 11 is 5.52. The lowest BCUT2D eigenvalue weighted by Gasteiger charge is -1.98. The van der Waals surface area contributed by atoms with Gasteiger partial charge in [0.15, 0.2) is 5.15 Å². The Hall–Kier alpha value is -0.830. The van der Waals surface area contributed by atoms with Crippen molar-refractivity contribution in [2.75, 3.05) is 5.73 Å². The number of nitrogens with zero attached hydrogens (tertiary/aromatic N) is 2. The minimum atomic E-state index is 0.342. The molecule has 0 aliphatic carbocycles. The van der Waals surface area contributed by atoms with E-state index in [1.165, 1.54) is 0 Å². The molecule has 0 saturated carbocycles. The van der Waals surface area contributed by atoms with Gasteiger partial charge in [0.25, 0.3) is 0 Å². The molecular weight excluding hydrogens is 150 g/mol. The molecule has 54 valence electrons. The van der Waals surface area contributed by atoms with Gasteiger partial charge in [-0.25, -0.2) is 0 Å². The van der Waals surface area contributed by atoms with E-state index in [9.17, 15) is 0 Å². The van der Waals surface area contributed by atoms with Crippen molar-refractivity contribution in [3.05, 3.63) is 16.9 Å². The molecule has 0 unspecified atom stereocenters. The highest BCUT2D eigenvalue weighted by Crippen LogP contribution is 2.11. The fraction of sp³-hybridized carbons (Fsp3) is 0.333. The fourth-order valence-electron chi connectivity index (χ4n) is 0.681. The van der Waals surface area contributed by atoms with Crippen molar-refractivity contribution in [3.63, 3.8) is 0 Å². The zero-order valence-corrected chi connectivity index (χ0v) is 6.39. The van der Waals surface area contributed by atoms with Gasteiger partial charge in [-0.15, -0.1) is 5.10 Å². The maximum atomic E-state index is 5.54. The molecule has 1 aromatic rings. The van der Waals surface area contributed by atoms with Crippen LogP contribution in [0.5, 0.6) is 0 Å². The Balaban J connectivity index is 3.07. The van der Waals surface area contributed by atoms with Crippen molar-refractivity contribution >= 4 is 17.3 Å². The number of nitrogens with two attached hydrogens (primary N) is 1. The van der Waals surface area contributed by atoms with E-state index in [0.29, 0.717) is 10.8 Å². The summed E-state index contributed by atoms with van der Waals surface area (Å²) in [6, 6.07) is 1.60. The summed E-state index contributed by atoms with van der Waals surface area (Å²) in [5.41, 5.74) is 6.95. The Labute approximate surface area is 64.2 Å². The molecule has 0 aliphatic heterocycles. The SMILES string of the molecule is CCc1nnc(Cl)cc1N. The normalized spacial score (nSPS) is 9.80. The van der Waals surface area contributed by atoms with Crippen LogP contribution in [0.2, 0.25) is 5.15 Å². The van der Waals surface area contributed by atoms with Crippen LogP contribution in [0.1, 0.15) is 12.6 Å². The van der Waals surface area contributed by atoms with Crippen LogP contribution in [0.15, 0.2) is 6.07 Å². The van der Waals surface area contributed by atoms with E-state index in [0.717, 1.165) is 12.1 Å². The average Bonchev–Trinajstić information content (AvgIpc) is 1.88. The number of hydrogen-bond acceptors (Lipinski definition) is 3. The lowest BCUT2D eigenvalue weighted by molar-refractivity contribution is 0.924. The summed E-state index contributed by atoms with van der Waals surface area (Å²) in [5, 5.41) is 7.78. The first-order valence-electron chi connectivity index (χ1n) is 3.01. The third kappa shape index (κ3) is 1.36. The molecular formula is C6H8ClN3. The highest BCUT2D eigenvalue weighted by Gasteiger charge is 1.98. The Morgan fingerprint density at radius 3 is 2.80 bits per heavy atom. The smallest absolute Gasteiger partial charge is 0.153 e. The molecule has 0 spiro atoms. The summed E-state index contributed by atoms with van der Waals surface area (Å²) in [6.07, 6.45) is 0.788. The lowest BCUT2D eigenvalue weighted by atomic mass is 10.3. The van der Waals surface area contributed by atoms with E-state index >= 15 is 0 Å². The van der Waals surface area contributed by atoms with E-state index in [4.69, 9.17) is 17.3 Å². The van der Waals surface area contributed by atoms with Crippen LogP contribution in [0.25, 0.3) is 0 Å². The molecule has 2 N–H and O–H groups in total. The number of anilines is 1. The topological polar surface area (TPSA) is 51.8 Å². The van der Waals surface area contributed by atoms with Gasteiger partial charge < -0.3 is 5.73 Å². The monoisotopic (exact) mass is 157 g/mol. The van der Waals surface area contributed by atoms with Crippen LogP contribution >= 0.6 is 11.6 Å². The maximum absolute atomic E-state index is 5.54. The zero-order valence-electron chi connectivity index (χ0n) is 5.63. The molecule has 1 aromatic heterocycles. The van der Waals surface area contributed by atoms with Crippen molar-refractivity contribution in [1.82, 2.24) is 10.2 Å². The van der Waals surface area contributed by atoms with Gasteiger partial charge in [-0.3, -0.25) is 0 Å². The molecule has 0 amide bonds.